The van der Waals surface area contributed by atoms with Gasteiger partial charge in [0.1, 0.15) is 0 Å². The Morgan fingerprint density at radius 2 is 1.82 bits per heavy atom. The van der Waals surface area contributed by atoms with E-state index in [-0.39, 0.29) is 29.8 Å². The fraction of sp³-hybridized carbons (Fsp3) is 0.760. The Morgan fingerprint density at radius 1 is 1.06 bits per heavy atom. The van der Waals surface area contributed by atoms with Crippen LogP contribution in [0.1, 0.15) is 78.1 Å². The molecule has 3 saturated carbocycles. The van der Waals surface area contributed by atoms with Crippen LogP contribution in [0.5, 0.6) is 0 Å². The number of carbonyl (C=O) groups excluding carboxylic acids is 3. The first-order valence-electron chi connectivity index (χ1n) is 12.4. The van der Waals surface area contributed by atoms with Crippen molar-refractivity contribution in [1.82, 2.24) is 5.06 Å². The van der Waals surface area contributed by atoms with E-state index < -0.39 is 24.4 Å². The van der Waals surface area contributed by atoms with Crippen LogP contribution >= 0.6 is 0 Å². The minimum Gasteiger partial charge on any atom is -0.393 e. The number of imide groups is 1. The van der Waals surface area contributed by atoms with Gasteiger partial charge >= 0.3 is 5.97 Å². The molecule has 0 aromatic heterocycles. The number of allylic oxidation sites excluding steroid dienone is 2. The van der Waals surface area contributed by atoms with Gasteiger partial charge in [0.05, 0.1) is 11.8 Å². The Kier molecular flexibility index (Phi) is 5.62. The molecule has 0 spiro atoms. The molecule has 180 valence electrons. The van der Waals surface area contributed by atoms with Crippen molar-refractivity contribution < 1.29 is 29.2 Å². The van der Waals surface area contributed by atoms with Crippen molar-refractivity contribution in [2.75, 3.05) is 6.61 Å². The number of hydrogen-bond acceptors (Lipinski definition) is 7. The Bertz CT molecular complexity index is 912. The maximum atomic E-state index is 11.9. The van der Waals surface area contributed by atoms with Crippen LogP contribution in [0, 0.1) is 28.6 Å². The topological polar surface area (TPSA) is 106 Å². The molecule has 33 heavy (non-hydrogen) atoms. The first kappa shape index (κ1) is 22.6. The van der Waals surface area contributed by atoms with Crippen molar-refractivity contribution in [3.8, 4) is 0 Å². The highest BCUT2D eigenvalue weighted by Gasteiger charge is 2.58. The zero-order valence-electron chi connectivity index (χ0n) is 19.5. The van der Waals surface area contributed by atoms with Crippen molar-refractivity contribution in [2.24, 2.45) is 33.7 Å². The molecule has 0 unspecified atom stereocenters. The summed E-state index contributed by atoms with van der Waals surface area (Å²) in [4.78, 5) is 45.0. The number of oxime groups is 1. The van der Waals surface area contributed by atoms with E-state index >= 15 is 0 Å². The second kappa shape index (κ2) is 8.22. The summed E-state index contributed by atoms with van der Waals surface area (Å²) < 4.78 is 0. The van der Waals surface area contributed by atoms with Crippen LogP contribution in [0.15, 0.2) is 16.8 Å². The lowest BCUT2D eigenvalue weighted by Crippen LogP contribution is -2.51. The molecule has 1 heterocycles. The van der Waals surface area contributed by atoms with Crippen LogP contribution in [0.25, 0.3) is 0 Å². The molecule has 5 rings (SSSR count). The molecular weight excluding hydrogens is 424 g/mol. The molecule has 8 heteroatoms. The zero-order valence-corrected chi connectivity index (χ0v) is 19.5. The standard InChI is InChI=1S/C25H34N2O6/c1-24-11-9-16(26-32-14-23(31)33-27-21(29)7-8-22(27)30)13-15(24)3-4-17-18-5-6-20(28)25(18,2)12-10-19(17)24/h13,17-20,28H,3-12,14H2,1-2H3/b26-16+/t17-,18-,19-,20-,24+,25+/m1/s1. The summed E-state index contributed by atoms with van der Waals surface area (Å²) in [6, 6.07) is 0. The van der Waals surface area contributed by atoms with E-state index in [9.17, 15) is 19.5 Å². The molecule has 5 aliphatic rings. The van der Waals surface area contributed by atoms with Gasteiger partial charge in [-0.25, -0.2) is 4.79 Å². The summed E-state index contributed by atoms with van der Waals surface area (Å²) in [6.07, 6.45) is 10.5. The van der Waals surface area contributed by atoms with Crippen LogP contribution in [-0.2, 0) is 24.1 Å². The maximum Gasteiger partial charge on any atom is 0.373 e. The van der Waals surface area contributed by atoms with E-state index in [2.05, 4.69) is 25.1 Å². The van der Waals surface area contributed by atoms with Crippen LogP contribution < -0.4 is 0 Å². The lowest BCUT2D eigenvalue weighted by Gasteiger charge is -2.57. The summed E-state index contributed by atoms with van der Waals surface area (Å²) in [5.41, 5.74) is 2.49. The summed E-state index contributed by atoms with van der Waals surface area (Å²) in [5.74, 6) is 0.116. The molecule has 0 aromatic rings. The number of nitrogens with zero attached hydrogens (tertiary/aromatic N) is 2. The lowest BCUT2D eigenvalue weighted by molar-refractivity contribution is -0.200. The van der Waals surface area contributed by atoms with Crippen LogP contribution in [-0.4, -0.2) is 46.4 Å². The Morgan fingerprint density at radius 3 is 2.58 bits per heavy atom. The van der Waals surface area contributed by atoms with Crippen molar-refractivity contribution in [3.63, 3.8) is 0 Å². The minimum absolute atomic E-state index is 0.0596. The quantitative estimate of drug-likeness (QED) is 0.512. The minimum atomic E-state index is -0.819. The molecule has 0 bridgehead atoms. The third kappa shape index (κ3) is 3.70. The fourth-order valence-electron chi connectivity index (χ4n) is 7.57. The maximum absolute atomic E-state index is 11.9. The molecule has 1 N–H and O–H groups in total. The van der Waals surface area contributed by atoms with Gasteiger partial charge in [0.25, 0.3) is 11.8 Å². The number of fused-ring (bicyclic) bond motifs is 5. The van der Waals surface area contributed by atoms with Gasteiger partial charge < -0.3 is 14.8 Å². The summed E-state index contributed by atoms with van der Waals surface area (Å²) in [6.45, 7) is 4.26. The van der Waals surface area contributed by atoms with Gasteiger partial charge in [0.15, 0.2) is 0 Å². The Hall–Kier alpha value is -2.22. The van der Waals surface area contributed by atoms with Gasteiger partial charge in [0.2, 0.25) is 6.61 Å². The number of aliphatic hydroxyl groups is 1. The predicted molar refractivity (Wildman–Crippen MR) is 118 cm³/mol. The van der Waals surface area contributed by atoms with Gasteiger partial charge in [-0.2, -0.15) is 0 Å². The average Bonchev–Trinajstić information content (AvgIpc) is 3.26. The highest BCUT2D eigenvalue weighted by molar-refractivity contribution is 6.01. The molecule has 1 aliphatic heterocycles. The molecule has 0 aromatic carbocycles. The molecule has 4 fully saturated rings. The van der Waals surface area contributed by atoms with Crippen LogP contribution in [0.2, 0.25) is 0 Å². The van der Waals surface area contributed by atoms with Gasteiger partial charge in [-0.1, -0.05) is 24.6 Å². The Labute approximate surface area is 194 Å². The van der Waals surface area contributed by atoms with E-state index in [0.717, 1.165) is 50.7 Å². The van der Waals surface area contributed by atoms with Gasteiger partial charge in [0, 0.05) is 12.8 Å². The molecule has 1 saturated heterocycles. The van der Waals surface area contributed by atoms with Crippen molar-refractivity contribution >= 4 is 23.5 Å². The molecule has 4 aliphatic carbocycles. The molecule has 0 radical (unpaired) electrons. The predicted octanol–water partition coefficient (Wildman–Crippen LogP) is 3.29. The SMILES string of the molecule is C[C@]12CC[C@@H]3[C@H](CCC4=C/C(=N/OCC(=O)ON5C(=O)CCC5=O)CC[C@@]43C)[C@H]1CC[C@H]2O. The first-order chi connectivity index (χ1) is 15.7. The van der Waals surface area contributed by atoms with Crippen molar-refractivity contribution in [2.45, 2.75) is 84.2 Å². The number of carbonyl (C=O) groups is 3. The van der Waals surface area contributed by atoms with Gasteiger partial charge in [-0.3, -0.25) is 9.59 Å². The second-order valence-electron chi connectivity index (χ2n) is 11.0. The molecule has 2 amide bonds. The van der Waals surface area contributed by atoms with E-state index in [4.69, 9.17) is 9.68 Å². The third-order valence-corrected chi connectivity index (χ3v) is 9.49. The average molecular weight is 459 g/mol. The summed E-state index contributed by atoms with van der Waals surface area (Å²) in [5, 5.41) is 15.3. The smallest absolute Gasteiger partial charge is 0.373 e. The summed E-state index contributed by atoms with van der Waals surface area (Å²) >= 11 is 0. The van der Waals surface area contributed by atoms with Crippen molar-refractivity contribution in [1.29, 1.82) is 0 Å². The number of hydroxylamine groups is 2. The first-order valence-corrected chi connectivity index (χ1v) is 12.4. The largest absolute Gasteiger partial charge is 0.393 e. The molecule has 8 nitrogen and oxygen atoms in total. The summed E-state index contributed by atoms with van der Waals surface area (Å²) in [7, 11) is 0. The van der Waals surface area contributed by atoms with Gasteiger partial charge in [-0.15, -0.1) is 5.06 Å². The number of hydrogen-bond donors (Lipinski definition) is 1. The zero-order chi connectivity index (χ0) is 23.4. The fourth-order valence-corrected chi connectivity index (χ4v) is 7.57. The van der Waals surface area contributed by atoms with E-state index in [1.807, 2.05) is 0 Å². The van der Waals surface area contributed by atoms with E-state index in [1.54, 1.807) is 0 Å². The van der Waals surface area contributed by atoms with E-state index in [0.29, 0.717) is 22.8 Å². The normalized spacial score (nSPS) is 41.4. The van der Waals surface area contributed by atoms with E-state index in [1.165, 1.54) is 12.0 Å². The Balaban J connectivity index is 1.22. The third-order valence-electron chi connectivity index (χ3n) is 9.49. The van der Waals surface area contributed by atoms with Gasteiger partial charge in [-0.05, 0) is 86.0 Å². The second-order valence-corrected chi connectivity index (χ2v) is 11.0. The highest BCUT2D eigenvalue weighted by atomic mass is 16.7. The highest BCUT2D eigenvalue weighted by Crippen LogP contribution is 2.65. The van der Waals surface area contributed by atoms with Crippen molar-refractivity contribution in [3.05, 3.63) is 11.6 Å². The molecule has 6 atom stereocenters. The monoisotopic (exact) mass is 458 g/mol. The van der Waals surface area contributed by atoms with Crippen LogP contribution in [0.3, 0.4) is 0 Å². The number of aliphatic hydroxyl groups excluding tert-OH is 1. The van der Waals surface area contributed by atoms with Crippen LogP contribution in [0.4, 0.5) is 0 Å². The lowest BCUT2D eigenvalue weighted by atomic mass is 9.47. The number of amides is 2. The molecular formula is C25H34N2O6. The number of rotatable bonds is 4.